The number of halogens is 1. The van der Waals surface area contributed by atoms with Crippen LogP contribution in [0.3, 0.4) is 0 Å². The molecule has 16 nitrogen and oxygen atoms in total. The number of amides is 4. The van der Waals surface area contributed by atoms with E-state index in [0.717, 1.165) is 31.5 Å². The fourth-order valence-electron chi connectivity index (χ4n) is 3.97. The Labute approximate surface area is 281 Å². The molecule has 2 rings (SSSR count). The predicted octanol–water partition coefficient (Wildman–Crippen LogP) is 0.0390. The van der Waals surface area contributed by atoms with Crippen LogP contribution >= 0.6 is 0 Å². The molecule has 0 saturated carbocycles. The minimum atomic E-state index is -1.18. The Morgan fingerprint density at radius 2 is 1.52 bits per heavy atom. The van der Waals surface area contributed by atoms with Gasteiger partial charge in [-0.1, -0.05) is 58.0 Å². The molecular weight excluding hydrogens is 627 g/mol. The summed E-state index contributed by atoms with van der Waals surface area (Å²) in [4.78, 5) is 69.5. The van der Waals surface area contributed by atoms with Crippen LogP contribution in [-0.2, 0) is 30.5 Å². The lowest BCUT2D eigenvalue weighted by Gasteiger charge is -2.25. The Hall–Kier alpha value is -4.96. The van der Waals surface area contributed by atoms with Crippen LogP contribution in [0.1, 0.15) is 58.9 Å². The van der Waals surface area contributed by atoms with E-state index in [1.165, 1.54) is 4.90 Å². The van der Waals surface area contributed by atoms with E-state index in [4.69, 9.17) is 27.7 Å². The van der Waals surface area contributed by atoms with E-state index in [1.54, 1.807) is 26.0 Å². The van der Waals surface area contributed by atoms with Crippen molar-refractivity contribution in [1.29, 1.82) is 0 Å². The maximum Gasteiger partial charge on any atom is 0.408 e. The third-order valence-corrected chi connectivity index (χ3v) is 6.37. The van der Waals surface area contributed by atoms with Crippen LogP contribution in [0.15, 0.2) is 40.3 Å². The summed E-state index contributed by atoms with van der Waals surface area (Å²) in [6.45, 7) is 7.39. The van der Waals surface area contributed by atoms with Crippen molar-refractivity contribution in [1.82, 2.24) is 20.9 Å². The molecule has 4 amide bonds. The molecule has 0 spiro atoms. The maximum atomic E-state index is 12.6. The van der Waals surface area contributed by atoms with Gasteiger partial charge in [0.05, 0.1) is 13.1 Å². The first-order chi connectivity index (χ1) is 22.8. The number of alkyl carbamates (subject to hydrolysis) is 1. The molecule has 11 N–H and O–H groups in total. The number of Topliss-reactive ketones (excluding diaryl/α,β-unsaturated/α-hetero) is 1. The summed E-state index contributed by atoms with van der Waals surface area (Å²) in [5.41, 5.74) is 20.8. The second-order valence-corrected chi connectivity index (χ2v) is 10.9. The Morgan fingerprint density at radius 1 is 0.938 bits per heavy atom. The Bertz CT molecular complexity index is 1170. The number of carbonyl (C=O) groups excluding carboxylic acids is 5. The van der Waals surface area contributed by atoms with E-state index in [2.05, 4.69) is 25.9 Å². The van der Waals surface area contributed by atoms with Crippen molar-refractivity contribution in [3.63, 3.8) is 0 Å². The minimum Gasteiger partial charge on any atom is -0.445 e. The SMILES string of the molecule is CC(C)C(NC(=O)OCc1ccccc1)C(=O)NCC(=O)N1CCCC1C(=O)NCC(=O)CF.CCCN=C(N)N.CCCN=C(N)N. The summed E-state index contributed by atoms with van der Waals surface area (Å²) >= 11 is 0. The standard InChI is InChI=1S/C23H31FN4O6.2C4H11N3/c1-15(2)20(27-23(33)34-14-16-7-4-3-5-8-16)22(32)26-13-19(30)28-10-6-9-18(28)21(31)25-12-17(29)11-24;2*1-2-3-7-4(5)6/h3-5,7-8,15,18,20H,6,9-14H2,1-2H3,(H,25,31)(H,26,32)(H,27,33);2*2-3H2,1H3,(H4,5,6,7). The fraction of sp³-hybridized carbons (Fsp3) is 0.581. The zero-order chi connectivity index (χ0) is 36.5. The lowest BCUT2D eigenvalue weighted by atomic mass is 10.0. The second-order valence-electron chi connectivity index (χ2n) is 10.9. The summed E-state index contributed by atoms with van der Waals surface area (Å²) in [7, 11) is 0. The van der Waals surface area contributed by atoms with Gasteiger partial charge in [0.2, 0.25) is 17.7 Å². The summed E-state index contributed by atoms with van der Waals surface area (Å²) in [5.74, 6) is -2.25. The molecule has 1 aromatic carbocycles. The molecule has 1 aliphatic heterocycles. The van der Waals surface area contributed by atoms with Gasteiger partial charge in [0, 0.05) is 19.6 Å². The van der Waals surface area contributed by atoms with Crippen molar-refractivity contribution in [3.8, 4) is 0 Å². The van der Waals surface area contributed by atoms with Gasteiger partial charge >= 0.3 is 6.09 Å². The van der Waals surface area contributed by atoms with Crippen molar-refractivity contribution in [2.75, 3.05) is 39.4 Å². The van der Waals surface area contributed by atoms with Crippen LogP contribution in [0.4, 0.5) is 9.18 Å². The number of likely N-dealkylation sites (tertiary alicyclic amines) is 1. The van der Waals surface area contributed by atoms with Crippen LogP contribution in [0, 0.1) is 5.92 Å². The molecule has 0 bridgehead atoms. The largest absolute Gasteiger partial charge is 0.445 e. The molecule has 0 aromatic heterocycles. The first kappa shape index (κ1) is 43.0. The number of nitrogens with one attached hydrogen (secondary N) is 3. The molecule has 1 heterocycles. The van der Waals surface area contributed by atoms with E-state index in [1.807, 2.05) is 32.0 Å². The molecule has 270 valence electrons. The fourth-order valence-corrected chi connectivity index (χ4v) is 3.97. The number of hydrogen-bond acceptors (Lipinski definition) is 8. The number of benzene rings is 1. The molecule has 0 aliphatic carbocycles. The number of ketones is 1. The van der Waals surface area contributed by atoms with Crippen LogP contribution in [0.25, 0.3) is 0 Å². The van der Waals surface area contributed by atoms with Gasteiger partial charge in [-0.25, -0.2) is 9.18 Å². The molecule has 1 aliphatic rings. The van der Waals surface area contributed by atoms with Gasteiger partial charge in [0.25, 0.3) is 0 Å². The zero-order valence-electron chi connectivity index (χ0n) is 28.4. The van der Waals surface area contributed by atoms with Gasteiger partial charge in [0.15, 0.2) is 17.7 Å². The third-order valence-electron chi connectivity index (χ3n) is 6.37. The van der Waals surface area contributed by atoms with Crippen LogP contribution < -0.4 is 38.9 Å². The molecule has 1 fully saturated rings. The average Bonchev–Trinajstić information content (AvgIpc) is 3.56. The minimum absolute atomic E-state index is 0.0485. The highest BCUT2D eigenvalue weighted by atomic mass is 19.1. The number of hydrogen-bond donors (Lipinski definition) is 7. The highest BCUT2D eigenvalue weighted by Crippen LogP contribution is 2.17. The number of carbonyl (C=O) groups is 5. The smallest absolute Gasteiger partial charge is 0.408 e. The summed E-state index contributed by atoms with van der Waals surface area (Å²) < 4.78 is 17.4. The van der Waals surface area contributed by atoms with E-state index in [-0.39, 0.29) is 31.0 Å². The third kappa shape index (κ3) is 19.5. The van der Waals surface area contributed by atoms with E-state index in [9.17, 15) is 28.4 Å². The quantitative estimate of drug-likeness (QED) is 0.0966. The van der Waals surface area contributed by atoms with Crippen LogP contribution in [-0.4, -0.2) is 97.9 Å². The highest BCUT2D eigenvalue weighted by Gasteiger charge is 2.34. The number of alkyl halides is 1. The molecule has 17 heteroatoms. The first-order valence-electron chi connectivity index (χ1n) is 15.8. The van der Waals surface area contributed by atoms with Gasteiger partial charge in [-0.2, -0.15) is 0 Å². The second kappa shape index (κ2) is 25.2. The van der Waals surface area contributed by atoms with Crippen molar-refractivity contribution in [2.24, 2.45) is 38.8 Å². The first-order valence-corrected chi connectivity index (χ1v) is 15.8. The number of nitrogens with two attached hydrogens (primary N) is 4. The normalized spacial score (nSPS) is 13.7. The van der Waals surface area contributed by atoms with Crippen molar-refractivity contribution < 1.29 is 33.1 Å². The van der Waals surface area contributed by atoms with Crippen molar-refractivity contribution in [3.05, 3.63) is 35.9 Å². The number of nitrogens with zero attached hydrogens (tertiary/aromatic N) is 3. The molecule has 48 heavy (non-hydrogen) atoms. The summed E-state index contributed by atoms with van der Waals surface area (Å²) in [6.07, 6.45) is 2.22. The molecular formula is C31H53FN10O6. The van der Waals surface area contributed by atoms with E-state index in [0.29, 0.717) is 19.4 Å². The summed E-state index contributed by atoms with van der Waals surface area (Å²) in [5, 5.41) is 7.35. The monoisotopic (exact) mass is 680 g/mol. The van der Waals surface area contributed by atoms with Gasteiger partial charge in [-0.15, -0.1) is 0 Å². The van der Waals surface area contributed by atoms with E-state index >= 15 is 0 Å². The Morgan fingerprint density at radius 3 is 2.00 bits per heavy atom. The molecule has 2 atom stereocenters. The number of rotatable bonds is 15. The maximum absolute atomic E-state index is 12.6. The number of aliphatic imine (C=N–C) groups is 2. The molecule has 1 saturated heterocycles. The Balaban J connectivity index is 0.00000131. The van der Waals surface area contributed by atoms with Gasteiger partial charge in [-0.3, -0.25) is 29.2 Å². The molecule has 1 aromatic rings. The summed E-state index contributed by atoms with van der Waals surface area (Å²) in [6, 6.07) is 7.36. The van der Waals surface area contributed by atoms with Gasteiger partial charge in [0.1, 0.15) is 25.4 Å². The lowest BCUT2D eigenvalue weighted by Crippen LogP contribution is -2.53. The lowest BCUT2D eigenvalue weighted by molar-refractivity contribution is -0.139. The zero-order valence-corrected chi connectivity index (χ0v) is 28.4. The van der Waals surface area contributed by atoms with Crippen molar-refractivity contribution in [2.45, 2.75) is 72.1 Å². The number of guanidine groups is 2. The van der Waals surface area contributed by atoms with Crippen molar-refractivity contribution >= 4 is 41.5 Å². The van der Waals surface area contributed by atoms with Crippen LogP contribution in [0.5, 0.6) is 0 Å². The van der Waals surface area contributed by atoms with Gasteiger partial charge in [-0.05, 0) is 37.2 Å². The molecule has 2 unspecified atom stereocenters. The highest BCUT2D eigenvalue weighted by molar-refractivity contribution is 5.94. The topological polar surface area (TPSA) is 263 Å². The Kier molecular flexibility index (Phi) is 22.6. The number of ether oxygens (including phenoxy) is 1. The predicted molar refractivity (Wildman–Crippen MR) is 182 cm³/mol. The van der Waals surface area contributed by atoms with Gasteiger partial charge < -0.3 is 48.5 Å². The van der Waals surface area contributed by atoms with Crippen LogP contribution in [0.2, 0.25) is 0 Å². The van der Waals surface area contributed by atoms with E-state index < -0.39 is 54.9 Å². The molecule has 0 radical (unpaired) electrons. The average molecular weight is 681 g/mol.